The van der Waals surface area contributed by atoms with E-state index in [1.54, 1.807) is 0 Å². The molecular weight excluding hydrogens is 288 g/mol. The molecule has 3 nitrogen and oxygen atoms in total. The number of cyclic esters (lactones) is 2. The van der Waals surface area contributed by atoms with Gasteiger partial charge in [0.15, 0.2) is 0 Å². The minimum atomic E-state index is -0.263. The summed E-state index contributed by atoms with van der Waals surface area (Å²) in [6.07, 6.45) is 12.7. The topological polar surface area (TPSA) is 43.4 Å². The largest absolute Gasteiger partial charge is 0.393 e. The van der Waals surface area contributed by atoms with Crippen LogP contribution in [0.3, 0.4) is 0 Å². The number of rotatable bonds is 1. The van der Waals surface area contributed by atoms with E-state index >= 15 is 0 Å². The van der Waals surface area contributed by atoms with Crippen LogP contribution >= 0.6 is 0 Å². The van der Waals surface area contributed by atoms with Crippen LogP contribution in [-0.2, 0) is 14.3 Å². The van der Waals surface area contributed by atoms with Gasteiger partial charge in [-0.25, -0.2) is 0 Å². The summed E-state index contributed by atoms with van der Waals surface area (Å²) in [5, 5.41) is 0. The fourth-order valence-electron chi connectivity index (χ4n) is 5.17. The van der Waals surface area contributed by atoms with Crippen molar-refractivity contribution < 1.29 is 14.3 Å². The Morgan fingerprint density at radius 3 is 1.91 bits per heavy atom. The maximum absolute atomic E-state index is 11.9. The van der Waals surface area contributed by atoms with Gasteiger partial charge in [0, 0.05) is 0 Å². The smallest absolute Gasteiger partial charge is 0.316 e. The number of hydrogen-bond donors (Lipinski definition) is 0. The van der Waals surface area contributed by atoms with Crippen LogP contribution in [0.1, 0.15) is 84.5 Å². The molecule has 2 aliphatic carbocycles. The average Bonchev–Trinajstić information content (AvgIpc) is 2.53. The number of ether oxygens (including phenoxy) is 1. The van der Waals surface area contributed by atoms with E-state index in [4.69, 9.17) is 4.74 Å². The van der Waals surface area contributed by atoms with Gasteiger partial charge in [0.25, 0.3) is 0 Å². The first kappa shape index (κ1) is 17.0. The van der Waals surface area contributed by atoms with Crippen LogP contribution in [-0.4, -0.2) is 11.9 Å². The number of fused-ring (bicyclic) bond motifs is 2. The zero-order valence-electron chi connectivity index (χ0n) is 14.8. The molecule has 130 valence electrons. The van der Waals surface area contributed by atoms with Gasteiger partial charge in [-0.15, -0.1) is 0 Å². The monoisotopic (exact) mass is 320 g/mol. The second-order valence-electron chi connectivity index (χ2n) is 8.76. The second-order valence-corrected chi connectivity index (χ2v) is 8.76. The van der Waals surface area contributed by atoms with Gasteiger partial charge < -0.3 is 4.74 Å². The Bertz CT molecular complexity index is 422. The molecule has 23 heavy (non-hydrogen) atoms. The normalized spacial score (nSPS) is 42.9. The fourth-order valence-corrected chi connectivity index (χ4v) is 5.17. The van der Waals surface area contributed by atoms with Crippen molar-refractivity contribution >= 4 is 11.9 Å². The van der Waals surface area contributed by atoms with E-state index in [0.717, 1.165) is 43.9 Å². The van der Waals surface area contributed by atoms with Crippen molar-refractivity contribution in [3.63, 3.8) is 0 Å². The van der Waals surface area contributed by atoms with Crippen molar-refractivity contribution in [2.75, 3.05) is 0 Å². The molecule has 2 saturated carbocycles. The van der Waals surface area contributed by atoms with E-state index in [1.807, 2.05) is 0 Å². The molecule has 3 rings (SSSR count). The maximum Gasteiger partial charge on any atom is 0.316 e. The van der Waals surface area contributed by atoms with E-state index in [9.17, 15) is 9.59 Å². The second kappa shape index (κ2) is 6.94. The third kappa shape index (κ3) is 3.80. The lowest BCUT2D eigenvalue weighted by Crippen LogP contribution is -2.36. The van der Waals surface area contributed by atoms with Crippen LogP contribution in [0.4, 0.5) is 0 Å². The van der Waals surface area contributed by atoms with Gasteiger partial charge in [0.2, 0.25) is 0 Å². The Morgan fingerprint density at radius 1 is 0.870 bits per heavy atom. The Morgan fingerprint density at radius 2 is 1.39 bits per heavy atom. The zero-order valence-corrected chi connectivity index (χ0v) is 14.8. The molecule has 0 radical (unpaired) electrons. The molecule has 0 amide bonds. The van der Waals surface area contributed by atoms with E-state index < -0.39 is 0 Å². The highest BCUT2D eigenvalue weighted by atomic mass is 16.6. The van der Waals surface area contributed by atoms with Crippen LogP contribution in [0.2, 0.25) is 0 Å². The average molecular weight is 320 g/mol. The van der Waals surface area contributed by atoms with Crippen LogP contribution in [0.25, 0.3) is 0 Å². The van der Waals surface area contributed by atoms with E-state index in [0.29, 0.717) is 5.41 Å². The molecule has 2 atom stereocenters. The van der Waals surface area contributed by atoms with Gasteiger partial charge in [0.05, 0.1) is 11.8 Å². The molecule has 1 saturated heterocycles. The van der Waals surface area contributed by atoms with Crippen molar-refractivity contribution in [1.29, 1.82) is 0 Å². The number of esters is 2. The van der Waals surface area contributed by atoms with Crippen molar-refractivity contribution in [3.05, 3.63) is 0 Å². The molecule has 1 aliphatic heterocycles. The van der Waals surface area contributed by atoms with Crippen molar-refractivity contribution in [3.8, 4) is 0 Å². The standard InChI is InChI=1S/C20H32O3/c1-14-9-11-20(2,12-10-14)17-7-3-5-15-13-16(6-4-8-17)19(22)23-18(15)21/h14-17H,3-13H2,1-2H3. The van der Waals surface area contributed by atoms with Gasteiger partial charge in [0.1, 0.15) is 0 Å². The number of hydrogen-bond acceptors (Lipinski definition) is 3. The lowest BCUT2D eigenvalue weighted by atomic mass is 9.62. The fraction of sp³-hybridized carbons (Fsp3) is 0.900. The minimum Gasteiger partial charge on any atom is -0.393 e. The van der Waals surface area contributed by atoms with Crippen LogP contribution in [0.15, 0.2) is 0 Å². The highest BCUT2D eigenvalue weighted by Gasteiger charge is 2.40. The van der Waals surface area contributed by atoms with Gasteiger partial charge in [-0.1, -0.05) is 39.5 Å². The molecular formula is C20H32O3. The number of carbonyl (C=O) groups excluding carboxylic acids is 2. The zero-order chi connectivity index (χ0) is 16.4. The van der Waals surface area contributed by atoms with Crippen molar-refractivity contribution in [2.45, 2.75) is 84.5 Å². The highest BCUT2D eigenvalue weighted by molar-refractivity contribution is 5.90. The number of carbonyl (C=O) groups is 2. The van der Waals surface area contributed by atoms with Gasteiger partial charge in [-0.3, -0.25) is 9.59 Å². The molecule has 3 fully saturated rings. The highest BCUT2D eigenvalue weighted by Crippen LogP contribution is 2.48. The molecule has 2 bridgehead atoms. The Hall–Kier alpha value is -0.860. The quantitative estimate of drug-likeness (QED) is 0.511. The van der Waals surface area contributed by atoms with Crippen molar-refractivity contribution in [1.82, 2.24) is 0 Å². The summed E-state index contributed by atoms with van der Waals surface area (Å²) >= 11 is 0. The van der Waals surface area contributed by atoms with E-state index in [2.05, 4.69) is 13.8 Å². The van der Waals surface area contributed by atoms with Crippen LogP contribution < -0.4 is 0 Å². The third-order valence-corrected chi connectivity index (χ3v) is 7.05. The van der Waals surface area contributed by atoms with Crippen LogP contribution in [0.5, 0.6) is 0 Å². The molecule has 0 aromatic heterocycles. The predicted octanol–water partition coefficient (Wildman–Crippen LogP) is 4.88. The van der Waals surface area contributed by atoms with E-state index in [1.165, 1.54) is 38.5 Å². The Kier molecular flexibility index (Phi) is 5.13. The summed E-state index contributed by atoms with van der Waals surface area (Å²) in [5.74, 6) is 1.06. The summed E-state index contributed by atoms with van der Waals surface area (Å²) < 4.78 is 4.98. The first-order valence-corrected chi connectivity index (χ1v) is 9.73. The first-order valence-electron chi connectivity index (χ1n) is 9.73. The molecule has 0 aromatic carbocycles. The minimum absolute atomic E-state index is 0.0318. The Balaban J connectivity index is 1.66. The van der Waals surface area contributed by atoms with E-state index in [-0.39, 0.29) is 23.8 Å². The van der Waals surface area contributed by atoms with Crippen LogP contribution in [0, 0.1) is 29.1 Å². The molecule has 0 N–H and O–H groups in total. The van der Waals surface area contributed by atoms with Gasteiger partial charge >= 0.3 is 11.9 Å². The maximum atomic E-state index is 11.9. The molecule has 0 aromatic rings. The lowest BCUT2D eigenvalue weighted by Gasteiger charge is -2.43. The summed E-state index contributed by atoms with van der Waals surface area (Å²) in [4.78, 5) is 23.8. The molecule has 2 unspecified atom stereocenters. The first-order chi connectivity index (χ1) is 11.0. The van der Waals surface area contributed by atoms with Gasteiger partial charge in [-0.2, -0.15) is 0 Å². The van der Waals surface area contributed by atoms with Crippen molar-refractivity contribution in [2.24, 2.45) is 29.1 Å². The summed E-state index contributed by atoms with van der Waals surface area (Å²) in [6.45, 7) is 4.88. The molecule has 3 heteroatoms. The molecule has 0 spiro atoms. The summed E-state index contributed by atoms with van der Waals surface area (Å²) in [6, 6.07) is 0. The third-order valence-electron chi connectivity index (χ3n) is 7.05. The summed E-state index contributed by atoms with van der Waals surface area (Å²) in [7, 11) is 0. The molecule has 3 aliphatic rings. The van der Waals surface area contributed by atoms with Gasteiger partial charge in [-0.05, 0) is 62.2 Å². The lowest BCUT2D eigenvalue weighted by molar-refractivity contribution is -0.172. The SMILES string of the molecule is CC1CCC(C)(C2CCCC3CC(CCC2)C(=O)OC3=O)CC1. The predicted molar refractivity (Wildman–Crippen MR) is 89.6 cm³/mol. The Labute approximate surface area is 140 Å². The summed E-state index contributed by atoms with van der Waals surface area (Å²) in [5.41, 5.74) is 0.478. The molecule has 1 heterocycles.